The van der Waals surface area contributed by atoms with E-state index in [-0.39, 0.29) is 28.8 Å². The number of rotatable bonds is 8. The Morgan fingerprint density at radius 2 is 1.71 bits per heavy atom. The largest absolute Gasteiger partial charge is 0.459 e. The number of esters is 1. The van der Waals surface area contributed by atoms with Crippen molar-refractivity contribution in [2.75, 3.05) is 15.8 Å². The third-order valence-electron chi connectivity index (χ3n) is 6.13. The van der Waals surface area contributed by atoms with Gasteiger partial charge in [-0.05, 0) is 76.1 Å². The van der Waals surface area contributed by atoms with Gasteiger partial charge in [-0.2, -0.15) is 13.2 Å². The summed E-state index contributed by atoms with van der Waals surface area (Å²) in [6, 6.07) is 9.75. The van der Waals surface area contributed by atoms with Crippen LogP contribution in [0.15, 0.2) is 54.7 Å². The minimum atomic E-state index is -4.52. The molecule has 1 aliphatic rings. The number of halogens is 4. The summed E-state index contributed by atoms with van der Waals surface area (Å²) in [6.45, 7) is 4.82. The van der Waals surface area contributed by atoms with Gasteiger partial charge in [-0.3, -0.25) is 13.9 Å². The second-order valence-electron chi connectivity index (χ2n) is 11.0. The maximum absolute atomic E-state index is 14.3. The number of sulfonamides is 1. The molecule has 4 aromatic rings. The predicted octanol–water partition coefficient (Wildman–Crippen LogP) is 6.26. The molecule has 14 heteroatoms. The van der Waals surface area contributed by atoms with E-state index in [1.165, 1.54) is 47.0 Å². The predicted molar refractivity (Wildman–Crippen MR) is 148 cm³/mol. The number of imidazole rings is 1. The fraction of sp³-hybridized carbons (Fsp3) is 0.321. The van der Waals surface area contributed by atoms with Crippen LogP contribution >= 0.6 is 0 Å². The van der Waals surface area contributed by atoms with Gasteiger partial charge in [-0.1, -0.05) is 0 Å². The van der Waals surface area contributed by atoms with Crippen LogP contribution in [0.25, 0.3) is 17.0 Å². The molecule has 2 N–H and O–H groups in total. The van der Waals surface area contributed by atoms with E-state index in [9.17, 15) is 30.8 Å². The molecule has 3 aromatic heterocycles. The molecule has 3 heterocycles. The number of pyridine rings is 2. The van der Waals surface area contributed by atoms with Crippen LogP contribution in [0.5, 0.6) is 0 Å². The van der Waals surface area contributed by atoms with E-state index < -0.39 is 44.9 Å². The molecule has 42 heavy (non-hydrogen) atoms. The highest BCUT2D eigenvalue weighted by atomic mass is 32.2. The lowest BCUT2D eigenvalue weighted by Gasteiger charge is -2.19. The van der Waals surface area contributed by atoms with Crippen molar-refractivity contribution in [1.82, 2.24) is 14.4 Å². The number of benzene rings is 1. The molecule has 0 atom stereocenters. The van der Waals surface area contributed by atoms with Gasteiger partial charge in [0.05, 0.1) is 28.3 Å². The Hall–Kier alpha value is -4.20. The van der Waals surface area contributed by atoms with Gasteiger partial charge < -0.3 is 10.1 Å². The number of hydrogen-bond donors (Lipinski definition) is 2. The number of hydrogen-bond acceptors (Lipinski definition) is 7. The summed E-state index contributed by atoms with van der Waals surface area (Å²) in [6.07, 6.45) is -1.56. The zero-order chi connectivity index (χ0) is 30.4. The van der Waals surface area contributed by atoms with Crippen LogP contribution in [-0.2, 0) is 25.7 Å². The van der Waals surface area contributed by atoms with E-state index in [1.807, 2.05) is 0 Å². The number of alkyl halides is 3. The quantitative estimate of drug-likeness (QED) is 0.180. The van der Waals surface area contributed by atoms with Crippen molar-refractivity contribution in [2.24, 2.45) is 0 Å². The third kappa shape index (κ3) is 6.98. The van der Waals surface area contributed by atoms with Gasteiger partial charge in [0.25, 0.3) is 0 Å². The van der Waals surface area contributed by atoms with Gasteiger partial charge in [0.1, 0.15) is 22.9 Å². The maximum atomic E-state index is 14.3. The highest BCUT2D eigenvalue weighted by Crippen LogP contribution is 2.44. The number of anilines is 3. The summed E-state index contributed by atoms with van der Waals surface area (Å²) in [4.78, 5) is 21.5. The lowest BCUT2D eigenvalue weighted by Crippen LogP contribution is -2.30. The number of nitrogens with zero attached hydrogens (tertiary/aromatic N) is 3. The van der Waals surface area contributed by atoms with Crippen molar-refractivity contribution in [1.29, 1.82) is 0 Å². The molecule has 1 aromatic carbocycles. The molecule has 5 rings (SSSR count). The van der Waals surface area contributed by atoms with Crippen LogP contribution in [0.4, 0.5) is 34.8 Å². The first-order valence-corrected chi connectivity index (χ1v) is 14.6. The second-order valence-corrected chi connectivity index (χ2v) is 12.7. The van der Waals surface area contributed by atoms with Gasteiger partial charge in [-0.15, -0.1) is 0 Å². The number of carbonyl (C=O) groups is 1. The number of ether oxygens (including phenoxy) is 1. The lowest BCUT2D eigenvalue weighted by atomic mass is 10.1. The molecule has 0 saturated heterocycles. The monoisotopic (exact) mass is 605 g/mol. The Morgan fingerprint density at radius 1 is 1.02 bits per heavy atom. The highest BCUT2D eigenvalue weighted by Gasteiger charge is 2.32. The molecule has 0 bridgehead atoms. The molecular formula is C28H27F4N5O4S. The van der Waals surface area contributed by atoms with Gasteiger partial charge in [-0.25, -0.2) is 22.8 Å². The summed E-state index contributed by atoms with van der Waals surface area (Å²) < 4.78 is 88.3. The van der Waals surface area contributed by atoms with Crippen molar-refractivity contribution < 1.29 is 35.5 Å². The van der Waals surface area contributed by atoms with Gasteiger partial charge in [0.15, 0.2) is 5.75 Å². The first-order valence-electron chi connectivity index (χ1n) is 12.9. The van der Waals surface area contributed by atoms with E-state index in [0.717, 1.165) is 25.0 Å². The Kier molecular flexibility index (Phi) is 7.37. The van der Waals surface area contributed by atoms with Crippen LogP contribution in [0.2, 0.25) is 0 Å². The molecule has 1 fully saturated rings. The van der Waals surface area contributed by atoms with Crippen LogP contribution < -0.4 is 10.0 Å². The van der Waals surface area contributed by atoms with Gasteiger partial charge in [0.2, 0.25) is 10.0 Å². The summed E-state index contributed by atoms with van der Waals surface area (Å²) >= 11 is 0. The fourth-order valence-electron chi connectivity index (χ4n) is 4.34. The zero-order valence-electron chi connectivity index (χ0n) is 22.8. The van der Waals surface area contributed by atoms with E-state index in [1.54, 1.807) is 20.8 Å². The van der Waals surface area contributed by atoms with E-state index in [0.29, 0.717) is 17.0 Å². The van der Waals surface area contributed by atoms with Crippen molar-refractivity contribution >= 4 is 38.8 Å². The molecular weight excluding hydrogens is 578 g/mol. The smallest absolute Gasteiger partial charge is 0.416 e. The Bertz CT molecular complexity index is 1760. The van der Waals surface area contributed by atoms with Gasteiger partial charge in [0, 0.05) is 23.9 Å². The Morgan fingerprint density at radius 3 is 2.33 bits per heavy atom. The second kappa shape index (κ2) is 10.6. The standard InChI is InChI=1S/C28H27F4N5O4S/c1-27(2,3)41-24(38)15-42(39,40)36-20-12-21(26-25(16-4-5-16)35-23-11-8-18(29)14-37(23)26)34-22(13-20)33-19-9-6-17(7-10-19)28(30,31)32/h6-14,16H,4-5,15H2,1-3H3,(H2,33,34,36). The van der Waals surface area contributed by atoms with Crippen LogP contribution in [0, 0.1) is 5.82 Å². The molecule has 222 valence electrons. The first-order chi connectivity index (χ1) is 19.6. The van der Waals surface area contributed by atoms with Crippen LogP contribution in [0.1, 0.15) is 50.8 Å². The van der Waals surface area contributed by atoms with Crippen molar-refractivity contribution in [3.05, 3.63) is 71.8 Å². The van der Waals surface area contributed by atoms with Crippen LogP contribution in [0.3, 0.4) is 0 Å². The van der Waals surface area contributed by atoms with E-state index in [4.69, 9.17) is 4.74 Å². The Labute approximate surface area is 239 Å². The summed E-state index contributed by atoms with van der Waals surface area (Å²) in [5.74, 6) is -2.27. The molecule has 0 spiro atoms. The molecule has 0 aliphatic heterocycles. The van der Waals surface area contributed by atoms with E-state index >= 15 is 0 Å². The number of aromatic nitrogens is 3. The average Bonchev–Trinajstić information content (AvgIpc) is 3.62. The van der Waals surface area contributed by atoms with Crippen molar-refractivity contribution in [3.8, 4) is 11.4 Å². The average molecular weight is 606 g/mol. The first kappa shape index (κ1) is 29.3. The Balaban J connectivity index is 1.56. The highest BCUT2D eigenvalue weighted by molar-refractivity contribution is 7.93. The summed E-state index contributed by atoms with van der Waals surface area (Å²) in [5, 5.41) is 2.90. The maximum Gasteiger partial charge on any atom is 0.416 e. The SMILES string of the molecule is CC(C)(C)OC(=O)CS(=O)(=O)Nc1cc(Nc2ccc(C(F)(F)F)cc2)nc(-c2c(C3CC3)nc3ccc(F)cn23)c1. The number of fused-ring (bicyclic) bond motifs is 1. The van der Waals surface area contributed by atoms with Crippen molar-refractivity contribution in [2.45, 2.75) is 51.3 Å². The summed E-state index contributed by atoms with van der Waals surface area (Å²) in [5.41, 5.74) is 0.301. The number of carbonyl (C=O) groups excluding carboxylic acids is 1. The normalized spacial score (nSPS) is 14.2. The molecule has 0 unspecified atom stereocenters. The van der Waals surface area contributed by atoms with Crippen molar-refractivity contribution in [3.63, 3.8) is 0 Å². The van der Waals surface area contributed by atoms with E-state index in [2.05, 4.69) is 20.0 Å². The number of nitrogens with one attached hydrogen (secondary N) is 2. The molecule has 1 aliphatic carbocycles. The minimum Gasteiger partial charge on any atom is -0.459 e. The molecule has 9 nitrogen and oxygen atoms in total. The third-order valence-corrected chi connectivity index (χ3v) is 7.29. The lowest BCUT2D eigenvalue weighted by molar-refractivity contribution is -0.151. The fourth-order valence-corrected chi connectivity index (χ4v) is 5.26. The minimum absolute atomic E-state index is 0.00562. The molecule has 0 amide bonds. The molecule has 1 saturated carbocycles. The van der Waals surface area contributed by atoms with Gasteiger partial charge >= 0.3 is 12.1 Å². The zero-order valence-corrected chi connectivity index (χ0v) is 23.6. The van der Waals surface area contributed by atoms with Crippen LogP contribution in [-0.4, -0.2) is 40.1 Å². The molecule has 0 radical (unpaired) electrons. The topological polar surface area (TPSA) is 115 Å². The summed E-state index contributed by atoms with van der Waals surface area (Å²) in [7, 11) is -4.25.